The van der Waals surface area contributed by atoms with E-state index in [9.17, 15) is 9.59 Å². The number of urea groups is 1. The number of piperidine rings is 1. The van der Waals surface area contributed by atoms with Gasteiger partial charge in [-0.05, 0) is 81.4 Å². The summed E-state index contributed by atoms with van der Waals surface area (Å²) in [6.45, 7) is 6.17. The van der Waals surface area contributed by atoms with Crippen LogP contribution in [0.4, 0.5) is 4.79 Å². The van der Waals surface area contributed by atoms with Crippen molar-refractivity contribution in [3.05, 3.63) is 59.9 Å². The molecule has 35 heavy (non-hydrogen) atoms. The molecule has 5 rings (SSSR count). The van der Waals surface area contributed by atoms with E-state index in [0.717, 1.165) is 51.1 Å². The number of carbonyl (C=O) groups is 2. The van der Waals surface area contributed by atoms with Gasteiger partial charge in [0.25, 0.3) is 5.91 Å². The van der Waals surface area contributed by atoms with Crippen LogP contribution in [0.15, 0.2) is 48.7 Å². The molecular formula is C27H34N4O4. The van der Waals surface area contributed by atoms with Crippen LogP contribution in [0.5, 0.6) is 5.75 Å². The number of carbonyl (C=O) groups excluding carboxylic acids is 2. The molecule has 1 aromatic carbocycles. The molecule has 3 saturated heterocycles. The summed E-state index contributed by atoms with van der Waals surface area (Å²) in [5.41, 5.74) is 0.736. The van der Waals surface area contributed by atoms with E-state index >= 15 is 0 Å². The van der Waals surface area contributed by atoms with Gasteiger partial charge in [-0.25, -0.2) is 4.79 Å². The first kappa shape index (κ1) is 23.8. The summed E-state index contributed by atoms with van der Waals surface area (Å²) in [6, 6.07) is 13.5. The van der Waals surface area contributed by atoms with Crippen molar-refractivity contribution in [1.82, 2.24) is 20.1 Å². The molecule has 2 atom stereocenters. The number of hydrogen-bond donors (Lipinski definition) is 1. The van der Waals surface area contributed by atoms with Crippen molar-refractivity contribution in [2.45, 2.75) is 50.8 Å². The van der Waals surface area contributed by atoms with Crippen LogP contribution in [0.2, 0.25) is 0 Å². The number of benzene rings is 1. The highest BCUT2D eigenvalue weighted by molar-refractivity contribution is 6.07. The molecule has 8 nitrogen and oxygen atoms in total. The van der Waals surface area contributed by atoms with Gasteiger partial charge in [0, 0.05) is 19.3 Å². The van der Waals surface area contributed by atoms with Gasteiger partial charge in [0.05, 0.1) is 24.9 Å². The number of amides is 3. The quantitative estimate of drug-likeness (QED) is 0.586. The number of imide groups is 1. The molecule has 3 aliphatic heterocycles. The Kier molecular flexibility index (Phi) is 7.02. The fraction of sp³-hybridized carbons (Fsp3) is 0.519. The van der Waals surface area contributed by atoms with Crippen LogP contribution in [0, 0.1) is 5.92 Å². The molecule has 0 unspecified atom stereocenters. The van der Waals surface area contributed by atoms with E-state index in [1.165, 1.54) is 10.5 Å². The molecule has 0 aliphatic carbocycles. The minimum Gasteiger partial charge on any atom is -0.494 e. The number of pyridine rings is 1. The van der Waals surface area contributed by atoms with Crippen LogP contribution in [0.25, 0.3) is 0 Å². The van der Waals surface area contributed by atoms with Crippen LogP contribution >= 0.6 is 0 Å². The van der Waals surface area contributed by atoms with Crippen molar-refractivity contribution in [1.29, 1.82) is 0 Å². The van der Waals surface area contributed by atoms with Gasteiger partial charge in [0.15, 0.2) is 5.54 Å². The molecule has 0 saturated carbocycles. The highest BCUT2D eigenvalue weighted by Gasteiger charge is 2.58. The number of ether oxygens (including phenoxy) is 2. The standard InChI is InChI=1S/C27H34N4O4/c1-2-34-22-10-8-20(9-11-22)18-30-15-12-21(13-16-30)27(24-7-3-4-14-28-24)25(32)31(26(33)29-27)19-23-6-5-17-35-23/h3-4,7-11,14,21,23H,2,5-6,12-13,15-19H2,1H3,(H,29,33)/t23-,27+/m0/s1. The number of hydrogen-bond acceptors (Lipinski definition) is 6. The Labute approximate surface area is 206 Å². The van der Waals surface area contributed by atoms with E-state index in [0.29, 0.717) is 25.5 Å². The summed E-state index contributed by atoms with van der Waals surface area (Å²) in [5, 5.41) is 3.10. The van der Waals surface area contributed by atoms with Crippen LogP contribution in [0.3, 0.4) is 0 Å². The van der Waals surface area contributed by atoms with Gasteiger partial charge in [-0.2, -0.15) is 0 Å². The smallest absolute Gasteiger partial charge is 0.325 e. The number of likely N-dealkylation sites (tertiary alicyclic amines) is 1. The van der Waals surface area contributed by atoms with E-state index in [2.05, 4.69) is 27.3 Å². The molecule has 1 N–H and O–H groups in total. The number of aromatic nitrogens is 1. The van der Waals surface area contributed by atoms with Gasteiger partial charge < -0.3 is 14.8 Å². The average molecular weight is 479 g/mol. The fourth-order valence-electron chi connectivity index (χ4n) is 5.65. The summed E-state index contributed by atoms with van der Waals surface area (Å²) in [7, 11) is 0. The van der Waals surface area contributed by atoms with Gasteiger partial charge in [-0.1, -0.05) is 18.2 Å². The minimum absolute atomic E-state index is 0.0278. The Morgan fingerprint density at radius 1 is 1.11 bits per heavy atom. The van der Waals surface area contributed by atoms with Crippen molar-refractivity contribution in [3.63, 3.8) is 0 Å². The van der Waals surface area contributed by atoms with Crippen LogP contribution in [-0.4, -0.2) is 65.7 Å². The highest BCUT2D eigenvalue weighted by atomic mass is 16.5. The van der Waals surface area contributed by atoms with E-state index in [1.54, 1.807) is 6.20 Å². The van der Waals surface area contributed by atoms with Gasteiger partial charge in [-0.15, -0.1) is 0 Å². The van der Waals surface area contributed by atoms with Crippen molar-refractivity contribution in [2.75, 3.05) is 32.8 Å². The van der Waals surface area contributed by atoms with E-state index < -0.39 is 5.54 Å². The summed E-state index contributed by atoms with van der Waals surface area (Å²) in [4.78, 5) is 35.3. The lowest BCUT2D eigenvalue weighted by Gasteiger charge is -2.40. The first-order valence-corrected chi connectivity index (χ1v) is 12.7. The molecular weight excluding hydrogens is 444 g/mol. The van der Waals surface area contributed by atoms with Crippen molar-refractivity contribution >= 4 is 11.9 Å². The first-order valence-electron chi connectivity index (χ1n) is 12.7. The number of nitrogens with one attached hydrogen (secondary N) is 1. The predicted octanol–water partition coefficient (Wildman–Crippen LogP) is 3.32. The zero-order chi connectivity index (χ0) is 24.3. The Balaban J connectivity index is 1.31. The van der Waals surface area contributed by atoms with Gasteiger partial charge >= 0.3 is 6.03 Å². The fourth-order valence-corrected chi connectivity index (χ4v) is 5.65. The second-order valence-electron chi connectivity index (χ2n) is 9.63. The summed E-state index contributed by atoms with van der Waals surface area (Å²) in [6.07, 6.45) is 5.05. The SMILES string of the molecule is CCOc1ccc(CN2CCC([C@]3(c4ccccn4)NC(=O)N(C[C@@H]4CCCO4)C3=O)CC2)cc1. The third-order valence-corrected chi connectivity index (χ3v) is 7.45. The van der Waals surface area contributed by atoms with Crippen molar-refractivity contribution < 1.29 is 19.1 Å². The zero-order valence-corrected chi connectivity index (χ0v) is 20.3. The maximum absolute atomic E-state index is 13.9. The monoisotopic (exact) mass is 478 g/mol. The van der Waals surface area contributed by atoms with E-state index in [4.69, 9.17) is 9.47 Å². The lowest BCUT2D eigenvalue weighted by Crippen LogP contribution is -2.54. The van der Waals surface area contributed by atoms with Gasteiger partial charge in [0.2, 0.25) is 0 Å². The Bertz CT molecular complexity index is 1020. The molecule has 0 bridgehead atoms. The predicted molar refractivity (Wildman–Crippen MR) is 131 cm³/mol. The molecule has 4 heterocycles. The molecule has 0 spiro atoms. The Hall–Kier alpha value is -2.97. The maximum Gasteiger partial charge on any atom is 0.325 e. The second kappa shape index (κ2) is 10.3. The Morgan fingerprint density at radius 3 is 2.57 bits per heavy atom. The zero-order valence-electron chi connectivity index (χ0n) is 20.3. The van der Waals surface area contributed by atoms with Crippen molar-refractivity contribution in [3.8, 4) is 5.75 Å². The molecule has 3 amide bonds. The normalized spacial score (nSPS) is 25.7. The maximum atomic E-state index is 13.9. The molecule has 0 radical (unpaired) electrons. The second-order valence-corrected chi connectivity index (χ2v) is 9.63. The summed E-state index contributed by atoms with van der Waals surface area (Å²) in [5.74, 6) is 0.664. The van der Waals surface area contributed by atoms with Crippen LogP contribution in [0.1, 0.15) is 43.9 Å². The van der Waals surface area contributed by atoms with Crippen molar-refractivity contribution in [2.24, 2.45) is 5.92 Å². The first-order chi connectivity index (χ1) is 17.1. The van der Waals surface area contributed by atoms with Gasteiger partial charge in [-0.3, -0.25) is 19.6 Å². The topological polar surface area (TPSA) is 84.0 Å². The Morgan fingerprint density at radius 2 is 1.91 bits per heavy atom. The number of nitrogens with zero attached hydrogens (tertiary/aromatic N) is 3. The highest BCUT2D eigenvalue weighted by Crippen LogP contribution is 2.41. The summed E-state index contributed by atoms with van der Waals surface area (Å²) < 4.78 is 11.3. The molecule has 3 aliphatic rings. The van der Waals surface area contributed by atoms with Crippen LogP contribution < -0.4 is 10.1 Å². The molecule has 2 aromatic rings. The molecule has 1 aromatic heterocycles. The average Bonchev–Trinajstić information content (AvgIpc) is 3.49. The van der Waals surface area contributed by atoms with E-state index in [-0.39, 0.29) is 24.0 Å². The molecule has 8 heteroatoms. The molecule has 3 fully saturated rings. The van der Waals surface area contributed by atoms with E-state index in [1.807, 2.05) is 37.3 Å². The summed E-state index contributed by atoms with van der Waals surface area (Å²) >= 11 is 0. The van der Waals surface area contributed by atoms with Crippen LogP contribution in [-0.2, 0) is 21.6 Å². The third-order valence-electron chi connectivity index (χ3n) is 7.45. The third kappa shape index (κ3) is 4.77. The lowest BCUT2D eigenvalue weighted by atomic mass is 9.75. The van der Waals surface area contributed by atoms with Gasteiger partial charge in [0.1, 0.15) is 5.75 Å². The number of rotatable bonds is 8. The molecule has 186 valence electrons. The largest absolute Gasteiger partial charge is 0.494 e. The lowest BCUT2D eigenvalue weighted by molar-refractivity contribution is -0.135. The minimum atomic E-state index is -1.12.